The van der Waals surface area contributed by atoms with Crippen molar-refractivity contribution >= 4 is 11.6 Å². The molecule has 146 valence electrons. The second kappa shape index (κ2) is 7.88. The number of furan rings is 1. The third kappa shape index (κ3) is 3.93. The molecule has 1 aromatic carbocycles. The second-order valence-corrected chi connectivity index (χ2v) is 7.35. The van der Waals surface area contributed by atoms with Gasteiger partial charge in [-0.05, 0) is 62.1 Å². The Hall–Kier alpha value is -3.09. The monoisotopic (exact) mass is 380 g/mol. The van der Waals surface area contributed by atoms with E-state index < -0.39 is 6.04 Å². The first-order chi connectivity index (χ1) is 13.6. The molecular formula is C21H24N4O3. The number of benzene rings is 1. The van der Waals surface area contributed by atoms with Crippen LogP contribution in [0.2, 0.25) is 0 Å². The van der Waals surface area contributed by atoms with Crippen molar-refractivity contribution in [2.75, 3.05) is 18.0 Å². The molecule has 1 unspecified atom stereocenters. The zero-order valence-corrected chi connectivity index (χ0v) is 16.1. The summed E-state index contributed by atoms with van der Waals surface area (Å²) >= 11 is 0. The minimum atomic E-state index is -0.423. The Morgan fingerprint density at radius 1 is 1.21 bits per heavy atom. The van der Waals surface area contributed by atoms with Gasteiger partial charge in [0, 0.05) is 24.3 Å². The molecule has 4 rings (SSSR count). The Kier molecular flexibility index (Phi) is 5.14. The Morgan fingerprint density at radius 3 is 2.64 bits per heavy atom. The van der Waals surface area contributed by atoms with Crippen LogP contribution < -0.4 is 10.2 Å². The van der Waals surface area contributed by atoms with Gasteiger partial charge in [-0.1, -0.05) is 12.1 Å². The van der Waals surface area contributed by atoms with Crippen molar-refractivity contribution in [2.24, 2.45) is 5.92 Å². The van der Waals surface area contributed by atoms with Crippen molar-refractivity contribution in [2.45, 2.75) is 32.7 Å². The number of piperidine rings is 1. The number of hydrogen-bond donors (Lipinski definition) is 1. The molecule has 2 aromatic heterocycles. The van der Waals surface area contributed by atoms with E-state index in [1.54, 1.807) is 19.1 Å². The molecule has 28 heavy (non-hydrogen) atoms. The number of rotatable bonds is 5. The van der Waals surface area contributed by atoms with Gasteiger partial charge in [-0.2, -0.15) is 4.98 Å². The molecule has 1 atom stereocenters. The highest BCUT2D eigenvalue weighted by Crippen LogP contribution is 2.26. The Bertz CT molecular complexity index is 910. The number of aromatic nitrogens is 2. The van der Waals surface area contributed by atoms with Crippen LogP contribution in [0.4, 0.5) is 5.69 Å². The predicted octanol–water partition coefficient (Wildman–Crippen LogP) is 4.06. The highest BCUT2D eigenvalue weighted by Gasteiger charge is 2.20. The summed E-state index contributed by atoms with van der Waals surface area (Å²) in [5.74, 6) is 1.59. The van der Waals surface area contributed by atoms with Gasteiger partial charge < -0.3 is 19.2 Å². The lowest BCUT2D eigenvalue weighted by Gasteiger charge is -2.32. The first-order valence-electron chi connectivity index (χ1n) is 9.63. The molecule has 3 heterocycles. The first kappa shape index (κ1) is 18.3. The van der Waals surface area contributed by atoms with Gasteiger partial charge in [-0.15, -0.1) is 0 Å². The van der Waals surface area contributed by atoms with E-state index >= 15 is 0 Å². The maximum Gasteiger partial charge on any atom is 0.287 e. The number of carbonyl (C=O) groups excluding carboxylic acids is 1. The fourth-order valence-corrected chi connectivity index (χ4v) is 3.35. The topological polar surface area (TPSA) is 84.4 Å². The van der Waals surface area contributed by atoms with Crippen molar-refractivity contribution < 1.29 is 13.7 Å². The number of amides is 1. The molecule has 1 saturated heterocycles. The van der Waals surface area contributed by atoms with E-state index in [1.165, 1.54) is 24.8 Å². The van der Waals surface area contributed by atoms with E-state index in [1.807, 2.05) is 12.1 Å². The average Bonchev–Trinajstić information content (AvgIpc) is 3.41. The SMILES string of the molecule is CC1CCN(c2ccc(-c3noc(C(C)NC(=O)c4ccco4)n3)cc2)CC1. The van der Waals surface area contributed by atoms with E-state index in [4.69, 9.17) is 8.94 Å². The number of carbonyl (C=O) groups is 1. The van der Waals surface area contributed by atoms with Crippen LogP contribution in [0.5, 0.6) is 0 Å². The molecule has 7 nitrogen and oxygen atoms in total. The van der Waals surface area contributed by atoms with Gasteiger partial charge in [0.05, 0.1) is 6.26 Å². The van der Waals surface area contributed by atoms with Crippen LogP contribution in [0.25, 0.3) is 11.4 Å². The molecule has 7 heteroatoms. The molecule has 0 aliphatic carbocycles. The molecule has 1 aliphatic heterocycles. The van der Waals surface area contributed by atoms with Gasteiger partial charge in [-0.3, -0.25) is 4.79 Å². The Labute approximate surface area is 163 Å². The predicted molar refractivity (Wildman–Crippen MR) is 105 cm³/mol. The van der Waals surface area contributed by atoms with Crippen LogP contribution in [0.15, 0.2) is 51.6 Å². The smallest absolute Gasteiger partial charge is 0.287 e. The fraction of sp³-hybridized carbons (Fsp3) is 0.381. The second-order valence-electron chi connectivity index (χ2n) is 7.35. The standard InChI is InChI=1S/C21H24N4O3/c1-14-9-11-25(12-10-14)17-7-5-16(6-8-17)19-23-21(28-24-19)15(2)22-20(26)18-4-3-13-27-18/h3-8,13-15H,9-12H2,1-2H3,(H,22,26). The maximum atomic E-state index is 12.1. The van der Waals surface area contributed by atoms with Crippen LogP contribution in [-0.4, -0.2) is 29.1 Å². The molecule has 1 fully saturated rings. The van der Waals surface area contributed by atoms with Gasteiger partial charge >= 0.3 is 0 Å². The third-order valence-electron chi connectivity index (χ3n) is 5.18. The zero-order valence-electron chi connectivity index (χ0n) is 16.1. The molecule has 0 radical (unpaired) electrons. The molecule has 0 saturated carbocycles. The van der Waals surface area contributed by atoms with Gasteiger partial charge in [-0.25, -0.2) is 0 Å². The number of nitrogens with one attached hydrogen (secondary N) is 1. The zero-order chi connectivity index (χ0) is 19.5. The van der Waals surface area contributed by atoms with Crippen molar-refractivity contribution in [3.05, 3.63) is 54.3 Å². The highest BCUT2D eigenvalue weighted by molar-refractivity contribution is 5.91. The van der Waals surface area contributed by atoms with Crippen LogP contribution in [0.3, 0.4) is 0 Å². The third-order valence-corrected chi connectivity index (χ3v) is 5.18. The van der Waals surface area contributed by atoms with Crippen molar-refractivity contribution in [3.8, 4) is 11.4 Å². The fourth-order valence-electron chi connectivity index (χ4n) is 3.35. The lowest BCUT2D eigenvalue weighted by molar-refractivity contribution is 0.0904. The van der Waals surface area contributed by atoms with E-state index in [9.17, 15) is 4.79 Å². The summed E-state index contributed by atoms with van der Waals surface area (Å²) in [6.45, 7) is 6.30. The van der Waals surface area contributed by atoms with Crippen molar-refractivity contribution in [1.29, 1.82) is 0 Å². The summed E-state index contributed by atoms with van der Waals surface area (Å²) in [6, 6.07) is 11.1. The van der Waals surface area contributed by atoms with Gasteiger partial charge in [0.25, 0.3) is 5.91 Å². The molecule has 0 bridgehead atoms. The minimum absolute atomic E-state index is 0.245. The van der Waals surface area contributed by atoms with Gasteiger partial charge in [0.15, 0.2) is 5.76 Å². The molecule has 1 aliphatic rings. The number of anilines is 1. The van der Waals surface area contributed by atoms with Gasteiger partial charge in [0.1, 0.15) is 6.04 Å². The van der Waals surface area contributed by atoms with E-state index in [-0.39, 0.29) is 11.7 Å². The van der Waals surface area contributed by atoms with Crippen molar-refractivity contribution in [1.82, 2.24) is 15.5 Å². The lowest BCUT2D eigenvalue weighted by atomic mass is 9.98. The van der Waals surface area contributed by atoms with Crippen LogP contribution >= 0.6 is 0 Å². The molecule has 3 aromatic rings. The van der Waals surface area contributed by atoms with E-state index in [0.29, 0.717) is 11.7 Å². The molecule has 0 spiro atoms. The van der Waals surface area contributed by atoms with Crippen LogP contribution in [0, 0.1) is 5.92 Å². The first-order valence-corrected chi connectivity index (χ1v) is 9.63. The summed E-state index contributed by atoms with van der Waals surface area (Å²) in [5, 5.41) is 6.84. The van der Waals surface area contributed by atoms with E-state index in [0.717, 1.165) is 24.6 Å². The summed E-state index contributed by atoms with van der Waals surface area (Å²) < 4.78 is 10.4. The average molecular weight is 380 g/mol. The maximum absolute atomic E-state index is 12.1. The number of hydrogen-bond acceptors (Lipinski definition) is 6. The minimum Gasteiger partial charge on any atom is -0.459 e. The summed E-state index contributed by atoms with van der Waals surface area (Å²) in [5.41, 5.74) is 2.10. The van der Waals surface area contributed by atoms with E-state index in [2.05, 4.69) is 39.4 Å². The normalized spacial score (nSPS) is 16.1. The summed E-state index contributed by atoms with van der Waals surface area (Å²) in [6.07, 6.45) is 3.92. The lowest BCUT2D eigenvalue weighted by Crippen LogP contribution is -2.32. The summed E-state index contributed by atoms with van der Waals surface area (Å²) in [4.78, 5) is 18.9. The van der Waals surface area contributed by atoms with Crippen molar-refractivity contribution in [3.63, 3.8) is 0 Å². The molecular weight excluding hydrogens is 356 g/mol. The molecule has 1 N–H and O–H groups in total. The Morgan fingerprint density at radius 2 is 1.96 bits per heavy atom. The number of nitrogens with zero attached hydrogens (tertiary/aromatic N) is 3. The van der Waals surface area contributed by atoms with Gasteiger partial charge in [0.2, 0.25) is 11.7 Å². The van der Waals surface area contributed by atoms with Crippen LogP contribution in [-0.2, 0) is 0 Å². The largest absolute Gasteiger partial charge is 0.459 e. The Balaban J connectivity index is 1.41. The molecule has 1 amide bonds. The highest BCUT2D eigenvalue weighted by atomic mass is 16.5. The quantitative estimate of drug-likeness (QED) is 0.719. The summed E-state index contributed by atoms with van der Waals surface area (Å²) in [7, 11) is 0. The van der Waals surface area contributed by atoms with Crippen LogP contribution in [0.1, 0.15) is 49.2 Å².